The van der Waals surface area contributed by atoms with E-state index < -0.39 is 0 Å². The largest absolute Gasteiger partial charge is 0.480 e. The summed E-state index contributed by atoms with van der Waals surface area (Å²) in [6.45, 7) is 1.55. The minimum Gasteiger partial charge on any atom is -0.480 e. The molecule has 142 valence electrons. The molecule has 0 bridgehead atoms. The first kappa shape index (κ1) is 19.0. The van der Waals surface area contributed by atoms with Gasteiger partial charge in [0.1, 0.15) is 11.0 Å². The highest BCUT2D eigenvalue weighted by atomic mass is 35.5. The SMILES string of the molecule is COc1nc(-c2cccc(-c3ccnc(Cl)c3Cl)c2Cl)ccc1C1=NCCN1. The molecule has 1 aromatic carbocycles. The molecular weight excluding hydrogens is 419 g/mol. The molecular formula is C20H15Cl3N4O. The van der Waals surface area contributed by atoms with Gasteiger partial charge < -0.3 is 10.1 Å². The minimum absolute atomic E-state index is 0.231. The average molecular weight is 434 g/mol. The van der Waals surface area contributed by atoms with Gasteiger partial charge in [0, 0.05) is 29.4 Å². The number of hydrogen-bond acceptors (Lipinski definition) is 5. The molecule has 0 fully saturated rings. The highest BCUT2D eigenvalue weighted by Gasteiger charge is 2.18. The fourth-order valence-corrected chi connectivity index (χ4v) is 3.76. The Morgan fingerprint density at radius 2 is 1.71 bits per heavy atom. The Morgan fingerprint density at radius 1 is 0.929 bits per heavy atom. The molecule has 4 rings (SSSR count). The number of nitrogens with zero attached hydrogens (tertiary/aromatic N) is 3. The van der Waals surface area contributed by atoms with Gasteiger partial charge in [-0.2, -0.15) is 0 Å². The molecule has 3 heterocycles. The number of hydrogen-bond donors (Lipinski definition) is 1. The number of ether oxygens (including phenoxy) is 1. The summed E-state index contributed by atoms with van der Waals surface area (Å²) in [5, 5.41) is 4.34. The van der Waals surface area contributed by atoms with E-state index in [9.17, 15) is 0 Å². The second-order valence-corrected chi connectivity index (χ2v) is 7.15. The molecule has 1 aliphatic rings. The number of halogens is 3. The van der Waals surface area contributed by atoms with Crippen LogP contribution in [0.2, 0.25) is 15.2 Å². The quantitative estimate of drug-likeness (QED) is 0.580. The summed E-state index contributed by atoms with van der Waals surface area (Å²) in [6.07, 6.45) is 1.60. The Kier molecular flexibility index (Phi) is 5.40. The lowest BCUT2D eigenvalue weighted by Crippen LogP contribution is -2.20. The van der Waals surface area contributed by atoms with Gasteiger partial charge in [-0.25, -0.2) is 9.97 Å². The number of aliphatic imine (C=N–C) groups is 1. The number of benzene rings is 1. The molecule has 0 unspecified atom stereocenters. The predicted molar refractivity (Wildman–Crippen MR) is 114 cm³/mol. The molecule has 0 amide bonds. The highest BCUT2D eigenvalue weighted by Crippen LogP contribution is 2.40. The van der Waals surface area contributed by atoms with Crippen LogP contribution in [0, 0.1) is 0 Å². The smallest absolute Gasteiger partial charge is 0.224 e. The number of rotatable bonds is 4. The third-order valence-electron chi connectivity index (χ3n) is 4.39. The van der Waals surface area contributed by atoms with Crippen molar-refractivity contribution in [3.8, 4) is 28.3 Å². The molecule has 8 heteroatoms. The van der Waals surface area contributed by atoms with Crippen molar-refractivity contribution in [3.05, 3.63) is 63.4 Å². The van der Waals surface area contributed by atoms with Crippen molar-refractivity contribution in [2.45, 2.75) is 0 Å². The standard InChI is InChI=1S/C20H15Cl3N4O/c1-28-20-14(19-25-9-10-26-19)5-6-15(27-20)13-4-2-3-11(16(13)21)12-7-8-24-18(23)17(12)22/h2-8H,9-10H2,1H3,(H,25,26). The highest BCUT2D eigenvalue weighted by molar-refractivity contribution is 6.43. The molecule has 0 aliphatic carbocycles. The summed E-state index contributed by atoms with van der Waals surface area (Å²) in [5.74, 6) is 1.27. The number of methoxy groups -OCH3 is 1. The van der Waals surface area contributed by atoms with Gasteiger partial charge in [-0.1, -0.05) is 53.0 Å². The van der Waals surface area contributed by atoms with E-state index in [4.69, 9.17) is 39.5 Å². The van der Waals surface area contributed by atoms with E-state index in [0.717, 1.165) is 35.6 Å². The Labute approximate surface area is 177 Å². The Bertz CT molecular complexity index is 1090. The van der Waals surface area contributed by atoms with Crippen LogP contribution in [0.3, 0.4) is 0 Å². The van der Waals surface area contributed by atoms with Crippen LogP contribution in [0.15, 0.2) is 47.6 Å². The first-order valence-electron chi connectivity index (χ1n) is 8.53. The van der Waals surface area contributed by atoms with Crippen LogP contribution in [-0.4, -0.2) is 36.0 Å². The van der Waals surface area contributed by atoms with Crippen molar-refractivity contribution >= 4 is 40.6 Å². The van der Waals surface area contributed by atoms with Crippen LogP contribution in [0.4, 0.5) is 0 Å². The van der Waals surface area contributed by atoms with Gasteiger partial charge in [0.25, 0.3) is 0 Å². The zero-order chi connectivity index (χ0) is 19.7. The van der Waals surface area contributed by atoms with Crippen LogP contribution >= 0.6 is 34.8 Å². The van der Waals surface area contributed by atoms with Crippen LogP contribution in [0.25, 0.3) is 22.4 Å². The Balaban J connectivity index is 1.81. The van der Waals surface area contributed by atoms with Gasteiger partial charge in [0.05, 0.1) is 35.0 Å². The van der Waals surface area contributed by atoms with Crippen LogP contribution in [-0.2, 0) is 0 Å². The molecule has 3 aromatic rings. The van der Waals surface area contributed by atoms with E-state index in [1.54, 1.807) is 19.4 Å². The van der Waals surface area contributed by atoms with Crippen molar-refractivity contribution in [2.75, 3.05) is 20.2 Å². The third kappa shape index (κ3) is 3.41. The van der Waals surface area contributed by atoms with Crippen molar-refractivity contribution in [1.29, 1.82) is 0 Å². The minimum atomic E-state index is 0.231. The van der Waals surface area contributed by atoms with Crippen molar-refractivity contribution in [3.63, 3.8) is 0 Å². The Hall–Kier alpha value is -2.34. The van der Waals surface area contributed by atoms with Gasteiger partial charge in [-0.3, -0.25) is 4.99 Å². The molecule has 0 radical (unpaired) electrons. The molecule has 2 aromatic heterocycles. The van der Waals surface area contributed by atoms with Crippen molar-refractivity contribution in [1.82, 2.24) is 15.3 Å². The number of amidine groups is 1. The molecule has 0 atom stereocenters. The van der Waals surface area contributed by atoms with Gasteiger partial charge in [-0.05, 0) is 18.2 Å². The summed E-state index contributed by atoms with van der Waals surface area (Å²) in [7, 11) is 1.59. The summed E-state index contributed by atoms with van der Waals surface area (Å²) >= 11 is 19.1. The third-order valence-corrected chi connectivity index (χ3v) is 5.57. The van der Waals surface area contributed by atoms with E-state index in [1.807, 2.05) is 30.3 Å². The fraction of sp³-hybridized carbons (Fsp3) is 0.150. The average Bonchev–Trinajstić information content (AvgIpc) is 3.25. The van der Waals surface area contributed by atoms with Crippen molar-refractivity contribution in [2.24, 2.45) is 4.99 Å². The van der Waals surface area contributed by atoms with E-state index >= 15 is 0 Å². The predicted octanol–water partition coefficient (Wildman–Crippen LogP) is 5.13. The maximum Gasteiger partial charge on any atom is 0.224 e. The van der Waals surface area contributed by atoms with Crippen molar-refractivity contribution < 1.29 is 4.74 Å². The maximum absolute atomic E-state index is 6.73. The van der Waals surface area contributed by atoms with Crippen LogP contribution in [0.5, 0.6) is 5.88 Å². The van der Waals surface area contributed by atoms with Crippen LogP contribution < -0.4 is 10.1 Å². The lowest BCUT2D eigenvalue weighted by molar-refractivity contribution is 0.397. The molecule has 1 aliphatic heterocycles. The Morgan fingerprint density at radius 3 is 2.46 bits per heavy atom. The van der Waals surface area contributed by atoms with Crippen LogP contribution in [0.1, 0.15) is 5.56 Å². The van der Waals surface area contributed by atoms with Gasteiger partial charge in [0.15, 0.2) is 0 Å². The second kappa shape index (κ2) is 7.95. The lowest BCUT2D eigenvalue weighted by atomic mass is 10.0. The first-order chi connectivity index (χ1) is 13.6. The summed E-state index contributed by atoms with van der Waals surface area (Å²) in [6, 6.07) is 11.3. The second-order valence-electron chi connectivity index (χ2n) is 6.04. The number of pyridine rings is 2. The summed E-state index contributed by atoms with van der Waals surface area (Å²) < 4.78 is 5.49. The summed E-state index contributed by atoms with van der Waals surface area (Å²) in [4.78, 5) is 13.1. The zero-order valence-corrected chi connectivity index (χ0v) is 17.1. The maximum atomic E-state index is 6.73. The summed E-state index contributed by atoms with van der Waals surface area (Å²) in [5.41, 5.74) is 3.72. The molecule has 1 N–H and O–H groups in total. The van der Waals surface area contributed by atoms with E-state index in [-0.39, 0.29) is 5.15 Å². The molecule has 5 nitrogen and oxygen atoms in total. The molecule has 0 saturated heterocycles. The normalized spacial score (nSPS) is 13.2. The number of aromatic nitrogens is 2. The molecule has 0 saturated carbocycles. The first-order valence-corrected chi connectivity index (χ1v) is 9.66. The zero-order valence-electron chi connectivity index (χ0n) is 14.8. The van der Waals surface area contributed by atoms with Gasteiger partial charge >= 0.3 is 0 Å². The van der Waals surface area contributed by atoms with Gasteiger partial charge in [-0.15, -0.1) is 0 Å². The fourth-order valence-electron chi connectivity index (χ4n) is 3.07. The van der Waals surface area contributed by atoms with Gasteiger partial charge in [0.2, 0.25) is 5.88 Å². The monoisotopic (exact) mass is 432 g/mol. The van der Waals surface area contributed by atoms with E-state index in [0.29, 0.717) is 27.2 Å². The lowest BCUT2D eigenvalue weighted by Gasteiger charge is -2.13. The molecule has 0 spiro atoms. The number of nitrogens with one attached hydrogen (secondary N) is 1. The topological polar surface area (TPSA) is 59.4 Å². The van der Waals surface area contributed by atoms with E-state index in [2.05, 4.69) is 20.3 Å². The molecule has 28 heavy (non-hydrogen) atoms. The van der Waals surface area contributed by atoms with E-state index in [1.165, 1.54) is 0 Å².